The van der Waals surface area contributed by atoms with Crippen molar-refractivity contribution in [3.05, 3.63) is 24.3 Å². The Balaban J connectivity index is 0.00000392. The van der Waals surface area contributed by atoms with Crippen molar-refractivity contribution in [3.8, 4) is 5.75 Å². The number of aliphatic imine (C=N–C) groups is 1. The second-order valence-corrected chi connectivity index (χ2v) is 7.99. The third-order valence-electron chi connectivity index (χ3n) is 3.74. The average Bonchev–Trinajstić information content (AvgIpc) is 3.36. The van der Waals surface area contributed by atoms with Gasteiger partial charge in [0.05, 0.1) is 12.6 Å². The number of anilines is 1. The van der Waals surface area contributed by atoms with Crippen molar-refractivity contribution in [1.29, 1.82) is 0 Å². The van der Waals surface area contributed by atoms with Crippen LogP contribution < -0.4 is 15.8 Å². The summed E-state index contributed by atoms with van der Waals surface area (Å²) >= 11 is 0. The summed E-state index contributed by atoms with van der Waals surface area (Å²) in [7, 11) is 0. The molecule has 1 saturated carbocycles. The molecule has 1 fully saturated rings. The first-order valence-electron chi connectivity index (χ1n) is 9.47. The van der Waals surface area contributed by atoms with Gasteiger partial charge in [0, 0.05) is 18.3 Å². The number of nitrogens with zero attached hydrogens (tertiary/aromatic N) is 2. The number of rotatable bonds is 7. The highest BCUT2D eigenvalue weighted by Crippen LogP contribution is 2.28. The van der Waals surface area contributed by atoms with Crippen molar-refractivity contribution >= 4 is 41.7 Å². The van der Waals surface area contributed by atoms with E-state index in [0.717, 1.165) is 24.3 Å². The van der Waals surface area contributed by atoms with Crippen LogP contribution in [0.15, 0.2) is 29.3 Å². The molecule has 3 N–H and O–H groups in total. The van der Waals surface area contributed by atoms with Crippen molar-refractivity contribution < 1.29 is 14.3 Å². The molecule has 1 aliphatic rings. The van der Waals surface area contributed by atoms with Gasteiger partial charge in [-0.15, -0.1) is 24.0 Å². The number of nitrogens with one attached hydrogen (secondary N) is 1. The zero-order chi connectivity index (χ0) is 20.0. The van der Waals surface area contributed by atoms with Gasteiger partial charge in [0.25, 0.3) is 0 Å². The summed E-state index contributed by atoms with van der Waals surface area (Å²) < 4.78 is 11.1. The zero-order valence-corrected chi connectivity index (χ0v) is 19.7. The van der Waals surface area contributed by atoms with Crippen LogP contribution in [0.1, 0.15) is 47.5 Å². The lowest BCUT2D eigenvalue weighted by molar-refractivity contribution is 0.0240. The molecule has 1 aromatic carbocycles. The van der Waals surface area contributed by atoms with Crippen molar-refractivity contribution in [3.63, 3.8) is 0 Å². The first kappa shape index (κ1) is 24.3. The van der Waals surface area contributed by atoms with E-state index in [-0.39, 0.29) is 42.2 Å². The maximum atomic E-state index is 12.3. The Bertz CT molecular complexity index is 652. The van der Waals surface area contributed by atoms with E-state index in [1.54, 1.807) is 4.90 Å². The van der Waals surface area contributed by atoms with Crippen LogP contribution in [-0.4, -0.2) is 47.8 Å². The van der Waals surface area contributed by atoms with Crippen LogP contribution in [0.4, 0.5) is 10.5 Å². The lowest BCUT2D eigenvalue weighted by Crippen LogP contribution is -2.40. The van der Waals surface area contributed by atoms with Crippen LogP contribution in [0.2, 0.25) is 0 Å². The van der Waals surface area contributed by atoms with E-state index in [9.17, 15) is 4.79 Å². The lowest BCUT2D eigenvalue weighted by Gasteiger charge is -2.27. The molecule has 0 spiro atoms. The number of carbonyl (C=O) groups excluding carboxylic acids is 1. The van der Waals surface area contributed by atoms with Crippen LogP contribution >= 0.6 is 24.0 Å². The Morgan fingerprint density at radius 2 is 1.89 bits per heavy atom. The SMILES string of the molecule is CC(C)Oc1ccc(NC(N)=NCCN(C(=O)OC(C)(C)C)C2CC2)cc1.I. The number of hydrogen-bond acceptors (Lipinski definition) is 4. The first-order valence-corrected chi connectivity index (χ1v) is 9.47. The first-order chi connectivity index (χ1) is 12.6. The van der Waals surface area contributed by atoms with E-state index in [1.165, 1.54) is 0 Å². The predicted octanol–water partition coefficient (Wildman–Crippen LogP) is 4.22. The molecule has 0 aliphatic heterocycles. The summed E-state index contributed by atoms with van der Waals surface area (Å²) in [5, 5.41) is 3.05. The Morgan fingerprint density at radius 1 is 1.29 bits per heavy atom. The van der Waals surface area contributed by atoms with Gasteiger partial charge < -0.3 is 25.4 Å². The number of halogens is 1. The number of ether oxygens (including phenoxy) is 2. The number of carbonyl (C=O) groups is 1. The minimum absolute atomic E-state index is 0. The van der Waals surface area contributed by atoms with Crippen molar-refractivity contribution in [2.24, 2.45) is 10.7 Å². The molecule has 0 aromatic heterocycles. The summed E-state index contributed by atoms with van der Waals surface area (Å²) in [6.07, 6.45) is 1.88. The van der Waals surface area contributed by atoms with E-state index in [2.05, 4.69) is 10.3 Å². The number of benzene rings is 1. The summed E-state index contributed by atoms with van der Waals surface area (Å²) in [6.45, 7) is 10.5. The summed E-state index contributed by atoms with van der Waals surface area (Å²) in [4.78, 5) is 18.4. The quantitative estimate of drug-likeness (QED) is 0.330. The highest BCUT2D eigenvalue weighted by molar-refractivity contribution is 14.0. The van der Waals surface area contributed by atoms with Gasteiger partial charge >= 0.3 is 6.09 Å². The van der Waals surface area contributed by atoms with E-state index < -0.39 is 5.60 Å². The van der Waals surface area contributed by atoms with E-state index >= 15 is 0 Å². The fraction of sp³-hybridized carbons (Fsp3) is 0.600. The molecule has 7 nitrogen and oxygen atoms in total. The van der Waals surface area contributed by atoms with E-state index in [0.29, 0.717) is 19.0 Å². The molecule has 0 heterocycles. The molecule has 1 amide bonds. The maximum absolute atomic E-state index is 12.3. The van der Waals surface area contributed by atoms with Gasteiger partial charge in [-0.1, -0.05) is 0 Å². The van der Waals surface area contributed by atoms with E-state index in [1.807, 2.05) is 58.9 Å². The molecular formula is C20H33IN4O3. The summed E-state index contributed by atoms with van der Waals surface area (Å²) in [5.74, 6) is 1.12. The predicted molar refractivity (Wildman–Crippen MR) is 124 cm³/mol. The normalized spacial score (nSPS) is 14.3. The number of guanidine groups is 1. The molecule has 0 radical (unpaired) electrons. The van der Waals surface area contributed by atoms with Gasteiger partial charge in [-0.25, -0.2) is 4.79 Å². The van der Waals surface area contributed by atoms with Gasteiger partial charge in [0.1, 0.15) is 11.4 Å². The number of amides is 1. The second kappa shape index (κ2) is 10.7. The van der Waals surface area contributed by atoms with Gasteiger partial charge in [-0.3, -0.25) is 4.99 Å². The molecule has 8 heteroatoms. The number of nitrogens with two attached hydrogens (primary N) is 1. The third-order valence-corrected chi connectivity index (χ3v) is 3.74. The minimum Gasteiger partial charge on any atom is -0.491 e. The van der Waals surface area contributed by atoms with E-state index in [4.69, 9.17) is 15.2 Å². The van der Waals surface area contributed by atoms with Crippen LogP contribution in [0, 0.1) is 0 Å². The second-order valence-electron chi connectivity index (χ2n) is 7.99. The molecule has 0 bridgehead atoms. The average molecular weight is 504 g/mol. The smallest absolute Gasteiger partial charge is 0.410 e. The van der Waals surface area contributed by atoms with Crippen molar-refractivity contribution in [1.82, 2.24) is 4.90 Å². The van der Waals surface area contributed by atoms with Crippen LogP contribution in [-0.2, 0) is 4.74 Å². The van der Waals surface area contributed by atoms with Crippen molar-refractivity contribution in [2.45, 2.75) is 65.2 Å². The Hall–Kier alpha value is -1.71. The molecule has 0 unspecified atom stereocenters. The summed E-state index contributed by atoms with van der Waals surface area (Å²) in [5.41, 5.74) is 6.28. The summed E-state index contributed by atoms with van der Waals surface area (Å²) in [6, 6.07) is 7.80. The largest absolute Gasteiger partial charge is 0.491 e. The topological polar surface area (TPSA) is 89.2 Å². The molecule has 158 valence electrons. The molecule has 1 aliphatic carbocycles. The molecule has 0 saturated heterocycles. The van der Waals surface area contributed by atoms with Gasteiger partial charge in [0.15, 0.2) is 5.96 Å². The van der Waals surface area contributed by atoms with Crippen LogP contribution in [0.3, 0.4) is 0 Å². The van der Waals surface area contributed by atoms with Crippen molar-refractivity contribution in [2.75, 3.05) is 18.4 Å². The van der Waals surface area contributed by atoms with Crippen LogP contribution in [0.25, 0.3) is 0 Å². The molecule has 2 rings (SSSR count). The molecule has 0 atom stereocenters. The van der Waals surface area contributed by atoms with Gasteiger partial charge in [-0.2, -0.15) is 0 Å². The zero-order valence-electron chi connectivity index (χ0n) is 17.4. The van der Waals surface area contributed by atoms with Crippen LogP contribution in [0.5, 0.6) is 5.75 Å². The monoisotopic (exact) mass is 504 g/mol. The lowest BCUT2D eigenvalue weighted by atomic mass is 10.2. The fourth-order valence-electron chi connectivity index (χ4n) is 2.48. The number of hydrogen-bond donors (Lipinski definition) is 2. The molecule has 28 heavy (non-hydrogen) atoms. The molecule has 1 aromatic rings. The van der Waals surface area contributed by atoms with Gasteiger partial charge in [-0.05, 0) is 71.7 Å². The fourth-order valence-corrected chi connectivity index (χ4v) is 2.48. The highest BCUT2D eigenvalue weighted by Gasteiger charge is 2.34. The third kappa shape index (κ3) is 8.99. The Morgan fingerprint density at radius 3 is 2.39 bits per heavy atom. The minimum atomic E-state index is -0.500. The molecular weight excluding hydrogens is 471 g/mol. The highest BCUT2D eigenvalue weighted by atomic mass is 127. The Labute approximate surface area is 185 Å². The van der Waals surface area contributed by atoms with Gasteiger partial charge in [0.2, 0.25) is 0 Å². The standard InChI is InChI=1S/C20H32N4O3.HI/c1-14(2)26-17-10-6-15(7-11-17)23-18(21)22-12-13-24(16-8-9-16)19(25)27-20(3,4)5;/h6-7,10-11,14,16H,8-9,12-13H2,1-5H3,(H3,21,22,23);1H. The maximum Gasteiger partial charge on any atom is 0.410 e. The Kier molecular flexibility index (Phi) is 9.32.